The van der Waals surface area contributed by atoms with Gasteiger partial charge in [0.15, 0.2) is 0 Å². The van der Waals surface area contributed by atoms with Gasteiger partial charge in [0.1, 0.15) is 0 Å². The predicted octanol–water partition coefficient (Wildman–Crippen LogP) is 3.79. The topological polar surface area (TPSA) is 12.9 Å². The molecule has 0 radical (unpaired) electrons. The third kappa shape index (κ3) is 3.56. The molecule has 0 saturated heterocycles. The summed E-state index contributed by atoms with van der Waals surface area (Å²) in [4.78, 5) is 4.13. The van der Waals surface area contributed by atoms with E-state index in [0.29, 0.717) is 0 Å². The van der Waals surface area contributed by atoms with Crippen LogP contribution in [0.15, 0.2) is 60.9 Å². The third-order valence-electron chi connectivity index (χ3n) is 2.66. The van der Waals surface area contributed by atoms with Crippen molar-refractivity contribution in [3.8, 4) is 0 Å². The summed E-state index contributed by atoms with van der Waals surface area (Å²) in [6, 6.07) is 12.8. The molecule has 0 spiro atoms. The Morgan fingerprint density at radius 1 is 1.06 bits per heavy atom. The Morgan fingerprint density at radius 2 is 1.76 bits per heavy atom. The number of aromatic nitrogens is 1. The van der Waals surface area contributed by atoms with Crippen molar-refractivity contribution in [3.05, 3.63) is 77.6 Å². The molecule has 1 heterocycles. The molecular weight excluding hydrogens is 206 g/mol. The predicted molar refractivity (Wildman–Crippen MR) is 72.0 cm³/mol. The second kappa shape index (κ2) is 5.44. The van der Waals surface area contributed by atoms with Crippen molar-refractivity contribution in [3.63, 3.8) is 0 Å². The highest BCUT2D eigenvalue weighted by atomic mass is 14.6. The molecule has 17 heavy (non-hydrogen) atoms. The van der Waals surface area contributed by atoms with E-state index in [1.807, 2.05) is 12.3 Å². The molecule has 0 fully saturated rings. The number of nitrogens with zero attached hydrogens (tertiary/aromatic N) is 1. The molecule has 0 amide bonds. The molecule has 0 unspecified atom stereocenters. The standard InChI is InChI=1S/C16H17N/c1-13(2)10-14-5-7-15(8-6-14)11-16-4-3-9-17-12-16/h3-9,12H,1,10-11H2,2H3. The molecule has 0 saturated carbocycles. The molecule has 0 aliphatic heterocycles. The summed E-state index contributed by atoms with van der Waals surface area (Å²) in [5, 5.41) is 0. The highest BCUT2D eigenvalue weighted by Crippen LogP contribution is 2.12. The lowest BCUT2D eigenvalue weighted by Crippen LogP contribution is -1.90. The van der Waals surface area contributed by atoms with Gasteiger partial charge in [0.25, 0.3) is 0 Å². The molecule has 0 N–H and O–H groups in total. The minimum atomic E-state index is 0.946. The first-order valence-corrected chi connectivity index (χ1v) is 5.85. The number of benzene rings is 1. The molecule has 86 valence electrons. The Bertz CT molecular complexity index is 483. The fourth-order valence-electron chi connectivity index (χ4n) is 1.86. The van der Waals surface area contributed by atoms with Crippen molar-refractivity contribution in [2.24, 2.45) is 0 Å². The molecule has 0 aliphatic carbocycles. The summed E-state index contributed by atoms with van der Waals surface area (Å²) in [5.74, 6) is 0. The second-order valence-corrected chi connectivity index (χ2v) is 4.49. The summed E-state index contributed by atoms with van der Waals surface area (Å²) < 4.78 is 0. The molecule has 1 aromatic carbocycles. The van der Waals surface area contributed by atoms with Crippen molar-refractivity contribution >= 4 is 0 Å². The zero-order valence-electron chi connectivity index (χ0n) is 10.2. The minimum Gasteiger partial charge on any atom is -0.264 e. The van der Waals surface area contributed by atoms with Gasteiger partial charge in [-0.05, 0) is 42.5 Å². The molecule has 2 rings (SSSR count). The van der Waals surface area contributed by atoms with Crippen molar-refractivity contribution in [1.29, 1.82) is 0 Å². The Labute approximate surface area is 103 Å². The van der Waals surface area contributed by atoms with Crippen LogP contribution in [0.2, 0.25) is 0 Å². The molecule has 1 heteroatoms. The van der Waals surface area contributed by atoms with Gasteiger partial charge in [-0.15, -0.1) is 0 Å². The number of pyridine rings is 1. The van der Waals surface area contributed by atoms with Crippen LogP contribution in [0.3, 0.4) is 0 Å². The summed E-state index contributed by atoms with van der Waals surface area (Å²) in [6.45, 7) is 5.99. The van der Waals surface area contributed by atoms with E-state index in [1.54, 1.807) is 6.20 Å². The van der Waals surface area contributed by atoms with E-state index in [9.17, 15) is 0 Å². The fourth-order valence-corrected chi connectivity index (χ4v) is 1.86. The highest BCUT2D eigenvalue weighted by Gasteiger charge is 1.97. The normalized spacial score (nSPS) is 10.2. The van der Waals surface area contributed by atoms with Gasteiger partial charge in [0.2, 0.25) is 0 Å². The molecule has 0 bridgehead atoms. The Balaban J connectivity index is 2.06. The van der Waals surface area contributed by atoms with Crippen molar-refractivity contribution in [2.45, 2.75) is 19.8 Å². The first kappa shape index (κ1) is 11.6. The lowest BCUT2D eigenvalue weighted by molar-refractivity contribution is 1.12. The van der Waals surface area contributed by atoms with Crippen molar-refractivity contribution in [2.75, 3.05) is 0 Å². The average Bonchev–Trinajstić information content (AvgIpc) is 2.32. The second-order valence-electron chi connectivity index (χ2n) is 4.49. The van der Waals surface area contributed by atoms with Crippen LogP contribution in [0.4, 0.5) is 0 Å². The van der Waals surface area contributed by atoms with E-state index in [4.69, 9.17) is 0 Å². The van der Waals surface area contributed by atoms with Crippen LogP contribution in [0.1, 0.15) is 23.6 Å². The van der Waals surface area contributed by atoms with Crippen LogP contribution >= 0.6 is 0 Å². The van der Waals surface area contributed by atoms with Crippen molar-refractivity contribution < 1.29 is 0 Å². The van der Waals surface area contributed by atoms with E-state index in [0.717, 1.165) is 12.8 Å². The van der Waals surface area contributed by atoms with Crippen LogP contribution in [0, 0.1) is 0 Å². The van der Waals surface area contributed by atoms with Gasteiger partial charge in [-0.1, -0.05) is 42.5 Å². The van der Waals surface area contributed by atoms with E-state index in [-0.39, 0.29) is 0 Å². The fraction of sp³-hybridized carbons (Fsp3) is 0.188. The molecule has 1 nitrogen and oxygen atoms in total. The van der Waals surface area contributed by atoms with Crippen LogP contribution in [-0.4, -0.2) is 4.98 Å². The van der Waals surface area contributed by atoms with E-state index in [1.165, 1.54) is 22.3 Å². The summed E-state index contributed by atoms with van der Waals surface area (Å²) in [6.07, 6.45) is 5.63. The monoisotopic (exact) mass is 223 g/mol. The smallest absolute Gasteiger partial charge is 0.0303 e. The lowest BCUT2D eigenvalue weighted by atomic mass is 10.0. The van der Waals surface area contributed by atoms with Gasteiger partial charge in [-0.3, -0.25) is 4.98 Å². The Kier molecular flexibility index (Phi) is 3.71. The SMILES string of the molecule is C=C(C)Cc1ccc(Cc2cccnc2)cc1. The molecule has 1 aromatic heterocycles. The third-order valence-corrected chi connectivity index (χ3v) is 2.66. The summed E-state index contributed by atoms with van der Waals surface area (Å²) >= 11 is 0. The van der Waals surface area contributed by atoms with E-state index < -0.39 is 0 Å². The van der Waals surface area contributed by atoms with Gasteiger partial charge in [0, 0.05) is 12.4 Å². The zero-order chi connectivity index (χ0) is 12.1. The van der Waals surface area contributed by atoms with Gasteiger partial charge in [-0.25, -0.2) is 0 Å². The highest BCUT2D eigenvalue weighted by molar-refractivity contribution is 5.29. The maximum atomic E-state index is 4.13. The van der Waals surface area contributed by atoms with Gasteiger partial charge in [0.05, 0.1) is 0 Å². The first-order chi connectivity index (χ1) is 8.24. The number of hydrogen-bond donors (Lipinski definition) is 0. The number of hydrogen-bond acceptors (Lipinski definition) is 1. The maximum absolute atomic E-state index is 4.13. The molecule has 0 atom stereocenters. The lowest BCUT2D eigenvalue weighted by Gasteiger charge is -2.04. The van der Waals surface area contributed by atoms with Crippen LogP contribution < -0.4 is 0 Å². The zero-order valence-corrected chi connectivity index (χ0v) is 10.2. The molecule has 0 aliphatic rings. The van der Waals surface area contributed by atoms with Crippen molar-refractivity contribution in [1.82, 2.24) is 4.98 Å². The van der Waals surface area contributed by atoms with Crippen LogP contribution in [0.25, 0.3) is 0 Å². The number of rotatable bonds is 4. The Morgan fingerprint density at radius 3 is 2.35 bits per heavy atom. The quantitative estimate of drug-likeness (QED) is 0.719. The maximum Gasteiger partial charge on any atom is 0.0303 e. The molecule has 2 aromatic rings. The van der Waals surface area contributed by atoms with Gasteiger partial charge >= 0.3 is 0 Å². The van der Waals surface area contributed by atoms with Gasteiger partial charge in [-0.2, -0.15) is 0 Å². The van der Waals surface area contributed by atoms with E-state index in [2.05, 4.69) is 48.8 Å². The summed E-state index contributed by atoms with van der Waals surface area (Å²) in [7, 11) is 0. The number of allylic oxidation sites excluding steroid dienone is 1. The molecular formula is C16H17N. The van der Waals surface area contributed by atoms with Gasteiger partial charge < -0.3 is 0 Å². The van der Waals surface area contributed by atoms with E-state index >= 15 is 0 Å². The summed E-state index contributed by atoms with van der Waals surface area (Å²) in [5.41, 5.74) is 5.10. The average molecular weight is 223 g/mol. The Hall–Kier alpha value is -1.89. The van der Waals surface area contributed by atoms with Crippen LogP contribution in [-0.2, 0) is 12.8 Å². The van der Waals surface area contributed by atoms with Crippen LogP contribution in [0.5, 0.6) is 0 Å². The first-order valence-electron chi connectivity index (χ1n) is 5.85. The largest absolute Gasteiger partial charge is 0.264 e. The minimum absolute atomic E-state index is 0.946.